The number of carbonyl (C=O) groups excluding carboxylic acids is 10. The van der Waals surface area contributed by atoms with Crippen molar-refractivity contribution in [2.24, 2.45) is 5.41 Å². The van der Waals surface area contributed by atoms with Crippen LogP contribution in [-0.2, 0) is 33.6 Å². The van der Waals surface area contributed by atoms with E-state index in [2.05, 4.69) is 4.98 Å². The molecule has 5 N–H and O–H groups in total. The van der Waals surface area contributed by atoms with Crippen molar-refractivity contribution in [2.75, 3.05) is 20.2 Å². The minimum Gasteiger partial charge on any atom is -0.507 e. The van der Waals surface area contributed by atoms with Crippen molar-refractivity contribution in [3.63, 3.8) is 0 Å². The molecule has 0 saturated carbocycles. The van der Waals surface area contributed by atoms with Crippen molar-refractivity contribution >= 4 is 64.0 Å². The molecule has 1 fully saturated rings. The van der Waals surface area contributed by atoms with Crippen LogP contribution in [0.4, 0.5) is 0 Å². The number of hydrogen-bond acceptors (Lipinski definition) is 17. The first-order valence-corrected chi connectivity index (χ1v) is 20.0. The lowest BCUT2D eigenvalue weighted by Gasteiger charge is -2.26. The minimum absolute atomic E-state index is 0.0152. The molecule has 6 aliphatic rings. The van der Waals surface area contributed by atoms with E-state index >= 15 is 0 Å². The number of aromatic hydroxyl groups is 2. The topological polar surface area (TPSA) is 305 Å². The molecule has 0 radical (unpaired) electrons. The molecule has 18 nitrogen and oxygen atoms in total. The highest BCUT2D eigenvalue weighted by Gasteiger charge is 2.38. The van der Waals surface area contributed by atoms with Crippen molar-refractivity contribution in [3.8, 4) is 11.5 Å². The second kappa shape index (κ2) is 19.7. The molecule has 9 rings (SSSR count). The number of aliphatic hydroxyl groups is 2. The van der Waals surface area contributed by atoms with E-state index in [9.17, 15) is 63.6 Å². The minimum atomic E-state index is -1.13. The van der Waals surface area contributed by atoms with E-state index in [0.29, 0.717) is 46.5 Å². The van der Waals surface area contributed by atoms with Gasteiger partial charge in [0.1, 0.15) is 17.2 Å². The van der Waals surface area contributed by atoms with Gasteiger partial charge in [-0.15, -0.1) is 0 Å². The van der Waals surface area contributed by atoms with Crippen LogP contribution in [-0.4, -0.2) is 120 Å². The van der Waals surface area contributed by atoms with Crippen LogP contribution < -0.4 is 0 Å². The molecule has 1 aromatic heterocycles. The number of phenolic OH excluding ortho intramolecular Hbond substituents is 2. The number of aliphatic hydroxyl groups excluding tert-OH is 2. The summed E-state index contributed by atoms with van der Waals surface area (Å²) in [5.74, 6) is -6.08. The summed E-state index contributed by atoms with van der Waals surface area (Å²) in [5, 5.41) is 47.2. The summed E-state index contributed by atoms with van der Waals surface area (Å²) >= 11 is 0. The zero-order valence-electron chi connectivity index (χ0n) is 36.3. The van der Waals surface area contributed by atoms with E-state index in [1.165, 1.54) is 60.8 Å². The Morgan fingerprint density at radius 3 is 1.79 bits per heavy atom. The summed E-state index contributed by atoms with van der Waals surface area (Å²) < 4.78 is 0. The van der Waals surface area contributed by atoms with Crippen molar-refractivity contribution in [2.45, 2.75) is 40.2 Å². The third kappa shape index (κ3) is 9.96. The highest BCUT2D eigenvalue weighted by atomic mass is 16.4. The fourth-order valence-corrected chi connectivity index (χ4v) is 7.77. The lowest BCUT2D eigenvalue weighted by molar-refractivity contribution is -0.191. The van der Waals surface area contributed by atoms with E-state index in [1.807, 2.05) is 27.7 Å². The van der Waals surface area contributed by atoms with E-state index in [4.69, 9.17) is 14.7 Å². The lowest BCUT2D eigenvalue weighted by atomic mass is 9.78. The molecule has 5 aliphatic carbocycles. The van der Waals surface area contributed by atoms with E-state index in [-0.39, 0.29) is 63.2 Å². The lowest BCUT2D eigenvalue weighted by Crippen LogP contribution is -2.25. The average Bonchev–Trinajstić information content (AvgIpc) is 3.80. The Morgan fingerprint density at radius 1 is 0.746 bits per heavy atom. The first-order valence-electron chi connectivity index (χ1n) is 20.0. The summed E-state index contributed by atoms with van der Waals surface area (Å²) in [7, 11) is 1.78. The molecule has 3 aromatic rings. The van der Waals surface area contributed by atoms with Gasteiger partial charge >= 0.3 is 12.1 Å². The third-order valence-electron chi connectivity index (χ3n) is 10.8. The maximum absolute atomic E-state index is 12.2. The molecule has 0 bridgehead atoms. The van der Waals surface area contributed by atoms with Crippen LogP contribution in [0.2, 0.25) is 0 Å². The summed E-state index contributed by atoms with van der Waals surface area (Å²) in [6.07, 6.45) is 8.04. The van der Waals surface area contributed by atoms with Gasteiger partial charge in [0.05, 0.1) is 29.4 Å². The van der Waals surface area contributed by atoms with Crippen molar-refractivity contribution in [1.29, 1.82) is 0 Å². The maximum Gasteiger partial charge on any atom is 0.373 e. The van der Waals surface area contributed by atoms with E-state index < -0.39 is 58.3 Å². The number of phenols is 2. The van der Waals surface area contributed by atoms with Gasteiger partial charge in [-0.1, -0.05) is 56.7 Å². The number of carboxylic acids is 1. The number of rotatable bonds is 2. The molecule has 0 spiro atoms. The van der Waals surface area contributed by atoms with E-state index in [0.717, 1.165) is 11.1 Å². The fraction of sp³-hybridized carbons (Fsp3) is 0.204. The number of likely N-dealkylation sites (N-methyl/N-ethyl adjacent to an activating group) is 1. The Morgan fingerprint density at radius 2 is 1.27 bits per heavy atom. The average molecular weight is 913 g/mol. The number of benzene rings is 2. The Balaban J connectivity index is 0.000000166. The summed E-state index contributed by atoms with van der Waals surface area (Å²) in [6.45, 7) is 7.88. The second-order valence-corrected chi connectivity index (χ2v) is 16.4. The quantitative estimate of drug-likeness (QED) is 0.110. The molecule has 342 valence electrons. The zero-order chi connectivity index (χ0) is 49.8. The van der Waals surface area contributed by atoms with Crippen molar-refractivity contribution in [1.82, 2.24) is 9.88 Å². The maximum atomic E-state index is 12.2. The van der Waals surface area contributed by atoms with Crippen LogP contribution in [0, 0.1) is 5.41 Å². The van der Waals surface area contributed by atoms with Crippen LogP contribution in [0.15, 0.2) is 113 Å². The third-order valence-corrected chi connectivity index (χ3v) is 10.8. The van der Waals surface area contributed by atoms with Crippen molar-refractivity contribution in [3.05, 3.63) is 152 Å². The summed E-state index contributed by atoms with van der Waals surface area (Å²) in [4.78, 5) is 126. The zero-order valence-corrected chi connectivity index (χ0v) is 36.3. The van der Waals surface area contributed by atoms with Crippen LogP contribution >= 0.6 is 0 Å². The molecule has 1 atom stereocenters. The molecule has 18 heteroatoms. The van der Waals surface area contributed by atoms with Gasteiger partial charge in [0.25, 0.3) is 5.78 Å². The van der Waals surface area contributed by atoms with Crippen LogP contribution in [0.3, 0.4) is 0 Å². The van der Waals surface area contributed by atoms with Gasteiger partial charge in [0.15, 0.2) is 11.6 Å². The number of β-amino-alcohol motifs (C(OH)–C–C–N with tert-alkyl or cyclic N) is 1. The predicted molar refractivity (Wildman–Crippen MR) is 231 cm³/mol. The Bertz CT molecular complexity index is 2890. The number of aromatic nitrogens is 1. The molecule has 2 heterocycles. The van der Waals surface area contributed by atoms with Crippen LogP contribution in [0.25, 0.3) is 5.57 Å². The van der Waals surface area contributed by atoms with Crippen molar-refractivity contribution < 1.29 is 78.3 Å². The highest BCUT2D eigenvalue weighted by molar-refractivity contribution is 6.53. The normalized spacial score (nSPS) is 17.6. The molecule has 1 aliphatic heterocycles. The number of pyridine rings is 1. The smallest absolute Gasteiger partial charge is 0.373 e. The number of carboxylic acid groups (broad SMARTS) is 1. The Kier molecular flexibility index (Phi) is 14.6. The first kappa shape index (κ1) is 49.6. The molecule has 67 heavy (non-hydrogen) atoms. The SMILES string of the molecule is CC(C)(C)C1=CC(=O)C(=O)C=C1CO.CC1=CC2=C(C1)c1c(C(=O)O)ccnc1C(=O)C2=O.CN1CC(O)C2=CC(=O)C(=O)C=C21.O=C1c2ccccc2C(=O)c2c(O)ccc(O)c21.O=C=O. The molecule has 2 aromatic carbocycles. The summed E-state index contributed by atoms with van der Waals surface area (Å²) in [6, 6.07) is 10.1. The van der Waals surface area contributed by atoms with Crippen LogP contribution in [0.5, 0.6) is 11.5 Å². The Labute approximate surface area is 380 Å². The number of likely N-dealkylation sites (tertiary alicyclic amines) is 1. The van der Waals surface area contributed by atoms with Crippen LogP contribution in [0.1, 0.15) is 92.4 Å². The first-order chi connectivity index (χ1) is 31.5. The second-order valence-electron chi connectivity index (χ2n) is 16.4. The van der Waals surface area contributed by atoms with Gasteiger partial charge in [-0.25, -0.2) is 4.79 Å². The number of fused-ring (bicyclic) bond motifs is 5. The summed E-state index contributed by atoms with van der Waals surface area (Å²) in [5.41, 5.74) is 4.62. The Hall–Kier alpha value is -8.44. The number of Topliss-reactive ketones (excluding diaryl/α,β-unsaturated/α-hetero) is 2. The van der Waals surface area contributed by atoms with Gasteiger partial charge in [0.2, 0.25) is 28.9 Å². The number of ketones is 8. The van der Waals surface area contributed by atoms with Gasteiger partial charge < -0.3 is 30.4 Å². The van der Waals surface area contributed by atoms with Gasteiger partial charge in [0, 0.05) is 59.4 Å². The number of hydrogen-bond donors (Lipinski definition) is 5. The number of aromatic carboxylic acids is 1. The molecule has 1 saturated heterocycles. The molecular formula is C49H40N2O16. The fourth-order valence-electron chi connectivity index (χ4n) is 7.77. The number of nitrogens with zero attached hydrogens (tertiary/aromatic N) is 2. The van der Waals surface area contributed by atoms with Gasteiger partial charge in [-0.3, -0.25) is 43.3 Å². The molecular weight excluding hydrogens is 873 g/mol. The van der Waals surface area contributed by atoms with Gasteiger partial charge in [-0.2, -0.15) is 9.59 Å². The molecule has 0 amide bonds. The number of carbonyl (C=O) groups is 9. The highest BCUT2D eigenvalue weighted by Crippen LogP contribution is 2.41. The molecule has 1 unspecified atom stereocenters. The largest absolute Gasteiger partial charge is 0.507 e. The number of allylic oxidation sites excluding steroid dienone is 8. The standard InChI is InChI=1S/C14H9NO4.C14H8O4.C11H14O3.C9H9NO3.CO2/c1-6-4-8-9(5-6)12(16)13(17)11-10(8)7(14(18)19)2-3-15-11;15-9-5-6-10(16)12-11(9)13(17)7-3-1-2-4-8(7)14(12)18;1-11(2,3)8-5-10(14)9(13)4-7(8)6-12;1-10-4-9(13)5-2-7(11)8(12)3-6(5)10;2-1-3/h2-3,5H,4H2,1H3,(H,18,19);1-6,15-16H;4-5,12H,6H2,1-3H3;2-3,9,13H,4H2,1H3;. The van der Waals surface area contributed by atoms with Gasteiger partial charge in [-0.05, 0) is 71.9 Å². The monoisotopic (exact) mass is 912 g/mol. The predicted octanol–water partition coefficient (Wildman–Crippen LogP) is 3.22. The van der Waals surface area contributed by atoms with E-state index in [1.54, 1.807) is 30.2 Å².